The van der Waals surface area contributed by atoms with Crippen molar-refractivity contribution in [2.45, 2.75) is 0 Å². The van der Waals surface area contributed by atoms with Crippen LogP contribution in [0.2, 0.25) is 0 Å². The number of aromatic nitrogens is 3. The molecule has 0 fully saturated rings. The maximum absolute atomic E-state index is 5.49. The Hall–Kier alpha value is -1.69. The van der Waals surface area contributed by atoms with Crippen LogP contribution in [0.25, 0.3) is 10.6 Å². The molecule has 5 nitrogen and oxygen atoms in total. The summed E-state index contributed by atoms with van der Waals surface area (Å²) in [6.07, 6.45) is 3.27. The fourth-order valence-corrected chi connectivity index (χ4v) is 1.57. The van der Waals surface area contributed by atoms with Gasteiger partial charge in [0.1, 0.15) is 0 Å². The molecule has 13 heavy (non-hydrogen) atoms. The van der Waals surface area contributed by atoms with E-state index in [4.69, 9.17) is 11.5 Å². The zero-order valence-electron chi connectivity index (χ0n) is 6.64. The fourth-order valence-electron chi connectivity index (χ4n) is 0.917. The predicted octanol–water partition coefficient (Wildman–Crippen LogP) is 0.764. The number of anilines is 2. The summed E-state index contributed by atoms with van der Waals surface area (Å²) in [6.45, 7) is 0. The summed E-state index contributed by atoms with van der Waals surface area (Å²) in [7, 11) is 0. The predicted molar refractivity (Wildman–Crippen MR) is 52.0 cm³/mol. The van der Waals surface area contributed by atoms with E-state index in [1.807, 2.05) is 0 Å². The van der Waals surface area contributed by atoms with Crippen molar-refractivity contribution in [3.8, 4) is 10.6 Å². The average Bonchev–Trinajstić information content (AvgIpc) is 2.52. The van der Waals surface area contributed by atoms with Crippen LogP contribution in [0.3, 0.4) is 0 Å². The number of thiazole rings is 1. The molecule has 6 heteroatoms. The van der Waals surface area contributed by atoms with Gasteiger partial charge in [0, 0.05) is 12.4 Å². The largest absolute Gasteiger partial charge is 0.375 e. The van der Waals surface area contributed by atoms with E-state index in [0.29, 0.717) is 5.13 Å². The lowest BCUT2D eigenvalue weighted by Crippen LogP contribution is -1.93. The zero-order chi connectivity index (χ0) is 9.26. The van der Waals surface area contributed by atoms with Crippen LogP contribution in [0.15, 0.2) is 18.5 Å². The first-order valence-corrected chi connectivity index (χ1v) is 4.37. The molecular weight excluding hydrogens is 186 g/mol. The number of nitrogen functional groups attached to an aromatic ring is 2. The van der Waals surface area contributed by atoms with Crippen molar-refractivity contribution in [3.05, 3.63) is 18.5 Å². The SMILES string of the molecule is Nc1nccc(-c2cnc(N)s2)n1. The number of nitrogens with zero attached hydrogens (tertiary/aromatic N) is 3. The lowest BCUT2D eigenvalue weighted by Gasteiger charge is -1.94. The Kier molecular flexibility index (Phi) is 1.82. The van der Waals surface area contributed by atoms with Crippen molar-refractivity contribution in [2.24, 2.45) is 0 Å². The van der Waals surface area contributed by atoms with E-state index in [0.717, 1.165) is 10.6 Å². The van der Waals surface area contributed by atoms with Crippen molar-refractivity contribution < 1.29 is 0 Å². The van der Waals surface area contributed by atoms with E-state index in [9.17, 15) is 0 Å². The summed E-state index contributed by atoms with van der Waals surface area (Å²) in [6, 6.07) is 1.77. The summed E-state index contributed by atoms with van der Waals surface area (Å²) in [5.74, 6) is 0.254. The molecule has 0 radical (unpaired) electrons. The first-order chi connectivity index (χ1) is 6.25. The van der Waals surface area contributed by atoms with Crippen LogP contribution in [0.4, 0.5) is 11.1 Å². The molecule has 0 bridgehead atoms. The van der Waals surface area contributed by atoms with E-state index >= 15 is 0 Å². The Bertz CT molecular complexity index is 424. The van der Waals surface area contributed by atoms with Gasteiger partial charge in [-0.25, -0.2) is 15.0 Å². The minimum Gasteiger partial charge on any atom is -0.375 e. The normalized spacial score (nSPS) is 10.2. The van der Waals surface area contributed by atoms with Crippen molar-refractivity contribution in [3.63, 3.8) is 0 Å². The van der Waals surface area contributed by atoms with Crippen molar-refractivity contribution in [2.75, 3.05) is 11.5 Å². The van der Waals surface area contributed by atoms with Gasteiger partial charge in [-0.15, -0.1) is 0 Å². The van der Waals surface area contributed by atoms with E-state index in [2.05, 4.69) is 15.0 Å². The summed E-state index contributed by atoms with van der Waals surface area (Å²) in [5.41, 5.74) is 11.7. The molecular formula is C7H7N5S. The summed E-state index contributed by atoms with van der Waals surface area (Å²) >= 11 is 1.37. The number of nitrogens with two attached hydrogens (primary N) is 2. The molecule has 0 aromatic carbocycles. The molecule has 0 unspecified atom stereocenters. The molecule has 0 aliphatic heterocycles. The highest BCUT2D eigenvalue weighted by atomic mass is 32.1. The van der Waals surface area contributed by atoms with Crippen molar-refractivity contribution in [1.29, 1.82) is 0 Å². The molecule has 0 atom stereocenters. The fraction of sp³-hybridized carbons (Fsp3) is 0. The Labute approximate surface area is 78.5 Å². The molecule has 66 valence electrons. The Balaban J connectivity index is 2.46. The van der Waals surface area contributed by atoms with Crippen LogP contribution in [0, 0.1) is 0 Å². The van der Waals surface area contributed by atoms with Crippen molar-refractivity contribution >= 4 is 22.4 Å². The Morgan fingerprint density at radius 3 is 2.69 bits per heavy atom. The first kappa shape index (κ1) is 7.93. The van der Waals surface area contributed by atoms with Crippen LogP contribution < -0.4 is 11.5 Å². The van der Waals surface area contributed by atoms with Gasteiger partial charge in [0.2, 0.25) is 5.95 Å². The minimum absolute atomic E-state index is 0.254. The molecule has 2 aromatic rings. The van der Waals surface area contributed by atoms with Crippen LogP contribution in [-0.2, 0) is 0 Å². The highest BCUT2D eigenvalue weighted by molar-refractivity contribution is 7.18. The van der Waals surface area contributed by atoms with Gasteiger partial charge >= 0.3 is 0 Å². The van der Waals surface area contributed by atoms with E-state index in [1.165, 1.54) is 11.3 Å². The molecule has 0 spiro atoms. The lowest BCUT2D eigenvalue weighted by molar-refractivity contribution is 1.19. The van der Waals surface area contributed by atoms with Crippen LogP contribution in [0.1, 0.15) is 0 Å². The number of hydrogen-bond donors (Lipinski definition) is 2. The topological polar surface area (TPSA) is 90.7 Å². The highest BCUT2D eigenvalue weighted by Crippen LogP contribution is 2.25. The van der Waals surface area contributed by atoms with Crippen LogP contribution in [-0.4, -0.2) is 15.0 Å². The molecule has 0 aliphatic rings. The van der Waals surface area contributed by atoms with Gasteiger partial charge in [0.25, 0.3) is 0 Å². The first-order valence-electron chi connectivity index (χ1n) is 3.56. The van der Waals surface area contributed by atoms with E-state index in [1.54, 1.807) is 18.5 Å². The standard InChI is InChI=1S/C7H7N5S/c8-6-10-2-1-4(12-6)5-3-11-7(9)13-5/h1-3H,(H2,9,11)(H2,8,10,12). The van der Waals surface area contributed by atoms with Crippen LogP contribution in [0.5, 0.6) is 0 Å². The van der Waals surface area contributed by atoms with Gasteiger partial charge in [0.15, 0.2) is 5.13 Å². The van der Waals surface area contributed by atoms with E-state index in [-0.39, 0.29) is 5.95 Å². The smallest absolute Gasteiger partial charge is 0.220 e. The molecule has 0 saturated carbocycles. The van der Waals surface area contributed by atoms with Gasteiger partial charge in [-0.3, -0.25) is 0 Å². The number of hydrogen-bond acceptors (Lipinski definition) is 6. The maximum Gasteiger partial charge on any atom is 0.220 e. The third-order valence-corrected chi connectivity index (χ3v) is 2.30. The minimum atomic E-state index is 0.254. The Morgan fingerprint density at radius 1 is 1.23 bits per heavy atom. The van der Waals surface area contributed by atoms with Gasteiger partial charge in [-0.1, -0.05) is 11.3 Å². The monoisotopic (exact) mass is 193 g/mol. The summed E-state index contributed by atoms with van der Waals surface area (Å²) in [5, 5.41) is 0.521. The summed E-state index contributed by atoms with van der Waals surface area (Å²) < 4.78 is 0. The molecule has 2 heterocycles. The second-order valence-corrected chi connectivity index (χ2v) is 3.43. The third kappa shape index (κ3) is 1.57. The quantitative estimate of drug-likeness (QED) is 0.697. The zero-order valence-corrected chi connectivity index (χ0v) is 7.45. The number of rotatable bonds is 1. The van der Waals surface area contributed by atoms with Gasteiger partial charge in [0.05, 0.1) is 10.6 Å². The molecule has 0 saturated heterocycles. The van der Waals surface area contributed by atoms with E-state index < -0.39 is 0 Å². The van der Waals surface area contributed by atoms with Gasteiger partial charge in [-0.05, 0) is 6.07 Å². The second kappa shape index (κ2) is 2.98. The van der Waals surface area contributed by atoms with Gasteiger partial charge < -0.3 is 11.5 Å². The van der Waals surface area contributed by atoms with Crippen LogP contribution >= 0.6 is 11.3 Å². The van der Waals surface area contributed by atoms with Crippen molar-refractivity contribution in [1.82, 2.24) is 15.0 Å². The second-order valence-electron chi connectivity index (χ2n) is 2.36. The average molecular weight is 193 g/mol. The Morgan fingerprint density at radius 2 is 2.08 bits per heavy atom. The lowest BCUT2D eigenvalue weighted by atomic mass is 10.4. The molecule has 2 aromatic heterocycles. The molecule has 0 amide bonds. The molecule has 0 aliphatic carbocycles. The molecule has 2 rings (SSSR count). The maximum atomic E-state index is 5.49. The highest BCUT2D eigenvalue weighted by Gasteiger charge is 2.03. The van der Waals surface area contributed by atoms with Gasteiger partial charge in [-0.2, -0.15) is 0 Å². The molecule has 4 N–H and O–H groups in total. The summed E-state index contributed by atoms with van der Waals surface area (Å²) in [4.78, 5) is 12.6. The third-order valence-electron chi connectivity index (χ3n) is 1.45.